The molecule has 70 valence electrons. The molecule has 0 saturated carbocycles. The van der Waals surface area contributed by atoms with Gasteiger partial charge in [0.05, 0.1) is 5.56 Å². The number of carbonyl (C=O) groups is 1. The molecule has 1 rings (SSSR count). The number of aromatic carboxylic acids is 1. The zero-order valence-corrected chi connectivity index (χ0v) is 7.87. The van der Waals surface area contributed by atoms with E-state index < -0.39 is 5.97 Å². The van der Waals surface area contributed by atoms with Crippen molar-refractivity contribution in [1.82, 2.24) is 4.57 Å². The summed E-state index contributed by atoms with van der Waals surface area (Å²) >= 11 is 0. The Morgan fingerprint density at radius 3 is 2.69 bits per heavy atom. The maximum absolute atomic E-state index is 10.8. The van der Waals surface area contributed by atoms with Crippen molar-refractivity contribution in [3.05, 3.63) is 35.7 Å². The number of hydrogen-bond acceptors (Lipinski definition) is 1. The van der Waals surface area contributed by atoms with Crippen molar-refractivity contribution in [3.63, 3.8) is 0 Å². The van der Waals surface area contributed by atoms with Crippen LogP contribution in [0.3, 0.4) is 0 Å². The smallest absolute Gasteiger partial charge is 0.337 e. The van der Waals surface area contributed by atoms with E-state index >= 15 is 0 Å². The van der Waals surface area contributed by atoms with Gasteiger partial charge < -0.3 is 9.67 Å². The Hall–Kier alpha value is -1.51. The molecule has 3 nitrogen and oxygen atoms in total. The van der Waals surface area contributed by atoms with Gasteiger partial charge in [0.25, 0.3) is 0 Å². The van der Waals surface area contributed by atoms with Crippen LogP contribution in [0.25, 0.3) is 0 Å². The highest BCUT2D eigenvalue weighted by Gasteiger charge is 2.14. The number of allylic oxidation sites excluding steroid dienone is 1. The van der Waals surface area contributed by atoms with Gasteiger partial charge in [0.15, 0.2) is 0 Å². The van der Waals surface area contributed by atoms with Gasteiger partial charge in [0.1, 0.15) is 0 Å². The molecule has 0 aliphatic heterocycles. The highest BCUT2D eigenvalue weighted by Crippen LogP contribution is 2.15. The molecule has 0 saturated heterocycles. The zero-order valence-electron chi connectivity index (χ0n) is 7.87. The molecule has 1 aromatic rings. The lowest BCUT2D eigenvalue weighted by Gasteiger charge is -2.01. The summed E-state index contributed by atoms with van der Waals surface area (Å²) in [6.07, 6.45) is 3.58. The maximum Gasteiger partial charge on any atom is 0.337 e. The molecule has 0 radical (unpaired) electrons. The maximum atomic E-state index is 10.8. The van der Waals surface area contributed by atoms with Gasteiger partial charge >= 0.3 is 5.97 Å². The molecule has 0 aliphatic rings. The fourth-order valence-electron chi connectivity index (χ4n) is 1.48. The molecule has 0 aliphatic carbocycles. The minimum absolute atomic E-state index is 0.404. The molecule has 0 unspecified atom stereocenters. The van der Waals surface area contributed by atoms with E-state index in [0.29, 0.717) is 12.1 Å². The van der Waals surface area contributed by atoms with E-state index in [1.807, 2.05) is 10.8 Å². The highest BCUT2D eigenvalue weighted by atomic mass is 16.4. The minimum Gasteiger partial charge on any atom is -0.478 e. The van der Waals surface area contributed by atoms with E-state index in [2.05, 4.69) is 6.58 Å². The third kappa shape index (κ3) is 1.64. The molecule has 1 heterocycles. The molecular weight excluding hydrogens is 166 g/mol. The summed E-state index contributed by atoms with van der Waals surface area (Å²) in [7, 11) is 0. The predicted molar refractivity (Wildman–Crippen MR) is 51.1 cm³/mol. The molecule has 3 heteroatoms. The second-order valence-corrected chi connectivity index (χ2v) is 3.02. The van der Waals surface area contributed by atoms with Crippen LogP contribution in [-0.2, 0) is 6.54 Å². The van der Waals surface area contributed by atoms with E-state index in [1.165, 1.54) is 0 Å². The van der Waals surface area contributed by atoms with Gasteiger partial charge in [-0.3, -0.25) is 0 Å². The summed E-state index contributed by atoms with van der Waals surface area (Å²) in [5.41, 5.74) is 1.98. The molecule has 0 aromatic carbocycles. The van der Waals surface area contributed by atoms with Gasteiger partial charge in [-0.1, -0.05) is 6.08 Å². The lowest BCUT2D eigenvalue weighted by Crippen LogP contribution is -2.02. The first-order valence-corrected chi connectivity index (χ1v) is 4.08. The third-order valence-electron chi connectivity index (χ3n) is 2.08. The molecule has 0 atom stereocenters. The average molecular weight is 179 g/mol. The number of carboxylic acids is 1. The minimum atomic E-state index is -0.863. The normalized spacial score (nSPS) is 10.0. The van der Waals surface area contributed by atoms with E-state index in [-0.39, 0.29) is 0 Å². The van der Waals surface area contributed by atoms with Gasteiger partial charge in [-0.2, -0.15) is 0 Å². The molecule has 1 aromatic heterocycles. The quantitative estimate of drug-likeness (QED) is 0.721. The second kappa shape index (κ2) is 3.47. The largest absolute Gasteiger partial charge is 0.478 e. The Morgan fingerprint density at radius 2 is 2.31 bits per heavy atom. The summed E-state index contributed by atoms with van der Waals surface area (Å²) < 4.78 is 1.88. The summed E-state index contributed by atoms with van der Waals surface area (Å²) in [5.74, 6) is -0.863. The van der Waals surface area contributed by atoms with E-state index in [4.69, 9.17) is 5.11 Å². The monoisotopic (exact) mass is 179 g/mol. The molecular formula is C10H13NO2. The highest BCUT2D eigenvalue weighted by molar-refractivity contribution is 5.90. The van der Waals surface area contributed by atoms with Crippen molar-refractivity contribution in [1.29, 1.82) is 0 Å². The molecule has 0 fully saturated rings. The van der Waals surface area contributed by atoms with Gasteiger partial charge in [0.2, 0.25) is 0 Å². The van der Waals surface area contributed by atoms with Crippen LogP contribution in [0.15, 0.2) is 18.9 Å². The zero-order chi connectivity index (χ0) is 10.0. The molecule has 13 heavy (non-hydrogen) atoms. The lowest BCUT2D eigenvalue weighted by atomic mass is 10.2. The number of aryl methyl sites for hydroxylation is 1. The lowest BCUT2D eigenvalue weighted by molar-refractivity contribution is 0.0695. The predicted octanol–water partition coefficient (Wildman–Crippen LogP) is 1.99. The van der Waals surface area contributed by atoms with E-state index in [1.54, 1.807) is 19.9 Å². The van der Waals surface area contributed by atoms with Gasteiger partial charge in [-0.05, 0) is 19.4 Å². The first-order valence-electron chi connectivity index (χ1n) is 4.08. The Bertz CT molecular complexity index is 350. The van der Waals surface area contributed by atoms with Crippen LogP contribution in [0.4, 0.5) is 0 Å². The van der Waals surface area contributed by atoms with Crippen molar-refractivity contribution in [2.45, 2.75) is 20.4 Å². The van der Waals surface area contributed by atoms with E-state index in [0.717, 1.165) is 11.3 Å². The Morgan fingerprint density at radius 1 is 1.69 bits per heavy atom. The summed E-state index contributed by atoms with van der Waals surface area (Å²) in [4.78, 5) is 10.8. The van der Waals surface area contributed by atoms with Crippen molar-refractivity contribution in [3.8, 4) is 0 Å². The van der Waals surface area contributed by atoms with Gasteiger partial charge in [0, 0.05) is 18.4 Å². The number of hydrogen-bond donors (Lipinski definition) is 1. The van der Waals surface area contributed by atoms with Gasteiger partial charge in [-0.15, -0.1) is 6.58 Å². The molecule has 1 N–H and O–H groups in total. The molecule has 0 bridgehead atoms. The fraction of sp³-hybridized carbons (Fsp3) is 0.300. The SMILES string of the molecule is C=CCn1cc(C)c(C(=O)O)c1C. The van der Waals surface area contributed by atoms with Crippen LogP contribution in [0.1, 0.15) is 21.6 Å². The number of nitrogens with zero attached hydrogens (tertiary/aromatic N) is 1. The standard InChI is InChI=1S/C10H13NO2/c1-4-5-11-6-7(2)9(8(11)3)10(12)13/h4,6H,1,5H2,2-3H3,(H,12,13). The summed E-state index contributed by atoms with van der Waals surface area (Å²) in [5, 5.41) is 8.89. The number of rotatable bonds is 3. The Labute approximate surface area is 77.3 Å². The number of aromatic nitrogens is 1. The second-order valence-electron chi connectivity index (χ2n) is 3.02. The van der Waals surface area contributed by atoms with Crippen molar-refractivity contribution in [2.24, 2.45) is 0 Å². The third-order valence-corrected chi connectivity index (χ3v) is 2.08. The molecule has 0 amide bonds. The Balaban J connectivity index is 3.21. The van der Waals surface area contributed by atoms with Crippen LogP contribution < -0.4 is 0 Å². The van der Waals surface area contributed by atoms with Crippen LogP contribution in [0.5, 0.6) is 0 Å². The number of carboxylic acid groups (broad SMARTS) is 1. The van der Waals surface area contributed by atoms with Crippen molar-refractivity contribution in [2.75, 3.05) is 0 Å². The first-order chi connectivity index (χ1) is 6.07. The van der Waals surface area contributed by atoms with Crippen LogP contribution in [0, 0.1) is 13.8 Å². The fourth-order valence-corrected chi connectivity index (χ4v) is 1.48. The summed E-state index contributed by atoms with van der Waals surface area (Å²) in [6, 6.07) is 0. The van der Waals surface area contributed by atoms with Crippen molar-refractivity contribution >= 4 is 5.97 Å². The molecule has 0 spiro atoms. The van der Waals surface area contributed by atoms with Crippen LogP contribution >= 0.6 is 0 Å². The average Bonchev–Trinajstić information content (AvgIpc) is 2.28. The van der Waals surface area contributed by atoms with Crippen molar-refractivity contribution < 1.29 is 9.90 Å². The first kappa shape index (κ1) is 9.58. The van der Waals surface area contributed by atoms with Crippen LogP contribution in [-0.4, -0.2) is 15.6 Å². The van der Waals surface area contributed by atoms with Gasteiger partial charge in [-0.25, -0.2) is 4.79 Å². The van der Waals surface area contributed by atoms with Crippen LogP contribution in [0.2, 0.25) is 0 Å². The summed E-state index contributed by atoms with van der Waals surface area (Å²) in [6.45, 7) is 7.87. The Kier molecular flexibility index (Phi) is 2.56. The van der Waals surface area contributed by atoms with E-state index in [9.17, 15) is 4.79 Å². The topological polar surface area (TPSA) is 42.2 Å².